The minimum Gasteiger partial charge on any atom is -0.394 e. The van der Waals surface area contributed by atoms with E-state index in [0.717, 1.165) is 12.0 Å². The number of ether oxygens (including phenoxy) is 3. The zero-order valence-corrected chi connectivity index (χ0v) is 17.9. The van der Waals surface area contributed by atoms with E-state index in [0.29, 0.717) is 6.42 Å². The molecule has 3 rings (SSSR count). The molecule has 12 heteroatoms. The molecule has 2 aliphatic rings. The lowest BCUT2D eigenvalue weighted by atomic mass is 9.99. The molecule has 0 radical (unpaired) electrons. The lowest BCUT2D eigenvalue weighted by Crippen LogP contribution is -2.62. The fraction of sp³-hybridized carbons (Fsp3) is 0.714. The van der Waals surface area contributed by atoms with Gasteiger partial charge in [0.2, 0.25) is 5.79 Å². The highest BCUT2D eigenvalue weighted by Gasteiger charge is 2.58. The Labute approximate surface area is 190 Å². The molecular formula is C21H32O12. The number of benzene rings is 1. The zero-order chi connectivity index (χ0) is 24.0. The van der Waals surface area contributed by atoms with Crippen molar-refractivity contribution < 1.29 is 59.7 Å². The van der Waals surface area contributed by atoms with Crippen molar-refractivity contribution in [1.82, 2.24) is 0 Å². The van der Waals surface area contributed by atoms with Crippen LogP contribution in [0.3, 0.4) is 0 Å². The first-order valence-electron chi connectivity index (χ1n) is 10.7. The molecule has 0 saturated carbocycles. The number of hydrogen-bond acceptors (Lipinski definition) is 12. The van der Waals surface area contributed by atoms with E-state index in [1.807, 2.05) is 30.3 Å². The summed E-state index contributed by atoms with van der Waals surface area (Å²) in [6.45, 7) is -1.69. The van der Waals surface area contributed by atoms with Crippen LogP contribution in [-0.4, -0.2) is 117 Å². The summed E-state index contributed by atoms with van der Waals surface area (Å²) in [5.74, 6) is -2.24. The van der Waals surface area contributed by atoms with Crippen molar-refractivity contribution in [1.29, 1.82) is 0 Å². The SMILES string of the molecule is OC[C@H]1O[C@@](CO)(O[C@H]2O[C@H](COOCCCc3ccccc3)[C@@H](O)[C@H](O)[C@H]2O)[C@@H](O)[C@@H]1O. The Morgan fingerprint density at radius 2 is 1.58 bits per heavy atom. The molecule has 33 heavy (non-hydrogen) atoms. The maximum absolute atomic E-state index is 10.3. The molecule has 2 heterocycles. The maximum Gasteiger partial charge on any atom is 0.224 e. The number of rotatable bonds is 11. The fourth-order valence-electron chi connectivity index (χ4n) is 3.77. The van der Waals surface area contributed by atoms with Crippen LogP contribution in [0.4, 0.5) is 0 Å². The summed E-state index contributed by atoms with van der Waals surface area (Å²) in [5, 5.41) is 69.9. The Hall–Kier alpha value is -1.26. The van der Waals surface area contributed by atoms with Crippen LogP contribution in [0.15, 0.2) is 30.3 Å². The molecule has 7 N–H and O–H groups in total. The third-order valence-corrected chi connectivity index (χ3v) is 5.74. The highest BCUT2D eigenvalue weighted by atomic mass is 17.2. The van der Waals surface area contributed by atoms with Gasteiger partial charge in [0.1, 0.15) is 55.9 Å². The van der Waals surface area contributed by atoms with Gasteiger partial charge in [-0.25, -0.2) is 9.78 Å². The number of hydrogen-bond donors (Lipinski definition) is 7. The van der Waals surface area contributed by atoms with Gasteiger partial charge in [-0.3, -0.25) is 0 Å². The smallest absolute Gasteiger partial charge is 0.224 e. The van der Waals surface area contributed by atoms with Gasteiger partial charge in [-0.1, -0.05) is 30.3 Å². The van der Waals surface area contributed by atoms with Gasteiger partial charge < -0.3 is 50.0 Å². The van der Waals surface area contributed by atoms with Crippen molar-refractivity contribution in [3.05, 3.63) is 35.9 Å². The molecule has 12 nitrogen and oxygen atoms in total. The van der Waals surface area contributed by atoms with E-state index in [1.165, 1.54) is 0 Å². The molecule has 1 aromatic rings. The summed E-state index contributed by atoms with van der Waals surface area (Å²) in [7, 11) is 0. The number of aliphatic hydroxyl groups is 7. The van der Waals surface area contributed by atoms with E-state index in [1.54, 1.807) is 0 Å². The summed E-state index contributed by atoms with van der Waals surface area (Å²) in [5.41, 5.74) is 1.15. The molecule has 2 fully saturated rings. The molecule has 9 atom stereocenters. The van der Waals surface area contributed by atoms with Gasteiger partial charge in [0.25, 0.3) is 0 Å². The fourth-order valence-corrected chi connectivity index (χ4v) is 3.77. The second kappa shape index (κ2) is 11.9. The van der Waals surface area contributed by atoms with Crippen molar-refractivity contribution in [3.8, 4) is 0 Å². The third kappa shape index (κ3) is 6.06. The Bertz CT molecular complexity index is 708. The Morgan fingerprint density at radius 3 is 2.21 bits per heavy atom. The van der Waals surface area contributed by atoms with E-state index in [2.05, 4.69) is 0 Å². The molecule has 2 saturated heterocycles. The summed E-state index contributed by atoms with van der Waals surface area (Å²) < 4.78 is 16.2. The molecule has 0 bridgehead atoms. The lowest BCUT2D eigenvalue weighted by Gasteiger charge is -2.43. The van der Waals surface area contributed by atoms with Crippen LogP contribution in [0.1, 0.15) is 12.0 Å². The minimum atomic E-state index is -2.24. The standard InChI is InChI=1S/C21H32O12/c22-9-13-16(25)19(28)21(11-23,32-13)33-20-18(27)17(26)15(24)14(31-20)10-30-29-8-4-7-12-5-2-1-3-6-12/h1-3,5-6,13-20,22-28H,4,7-11H2/t13-,14-,15-,16-,17+,18-,19+,20-,21+/m1/s1. The van der Waals surface area contributed by atoms with E-state index in [-0.39, 0.29) is 13.2 Å². The third-order valence-electron chi connectivity index (χ3n) is 5.74. The van der Waals surface area contributed by atoms with Gasteiger partial charge in [0.05, 0.1) is 13.2 Å². The monoisotopic (exact) mass is 476 g/mol. The van der Waals surface area contributed by atoms with Gasteiger partial charge in [-0.15, -0.1) is 0 Å². The van der Waals surface area contributed by atoms with Gasteiger partial charge in [-0.2, -0.15) is 0 Å². The predicted octanol–water partition coefficient (Wildman–Crippen LogP) is -2.81. The van der Waals surface area contributed by atoms with Crippen LogP contribution in [0.25, 0.3) is 0 Å². The molecule has 0 unspecified atom stereocenters. The Kier molecular flexibility index (Phi) is 9.52. The summed E-state index contributed by atoms with van der Waals surface area (Å²) >= 11 is 0. The Balaban J connectivity index is 1.51. The number of aliphatic hydroxyl groups excluding tert-OH is 7. The first-order valence-corrected chi connectivity index (χ1v) is 10.7. The van der Waals surface area contributed by atoms with Crippen LogP contribution < -0.4 is 0 Å². The van der Waals surface area contributed by atoms with E-state index in [9.17, 15) is 35.7 Å². The summed E-state index contributed by atoms with van der Waals surface area (Å²) in [6, 6.07) is 9.79. The normalized spacial score (nSPS) is 39.1. The molecule has 0 aromatic heterocycles. The van der Waals surface area contributed by atoms with Gasteiger partial charge in [-0.05, 0) is 18.4 Å². The largest absolute Gasteiger partial charge is 0.394 e. The van der Waals surface area contributed by atoms with E-state index < -0.39 is 68.0 Å². The van der Waals surface area contributed by atoms with Gasteiger partial charge in [0.15, 0.2) is 6.29 Å². The van der Waals surface area contributed by atoms with Crippen molar-refractivity contribution in [2.24, 2.45) is 0 Å². The van der Waals surface area contributed by atoms with Crippen LogP contribution in [0.2, 0.25) is 0 Å². The minimum absolute atomic E-state index is 0.261. The van der Waals surface area contributed by atoms with Crippen molar-refractivity contribution in [2.45, 2.75) is 67.6 Å². The average molecular weight is 476 g/mol. The molecule has 0 spiro atoms. The Morgan fingerprint density at radius 1 is 0.848 bits per heavy atom. The zero-order valence-electron chi connectivity index (χ0n) is 17.9. The van der Waals surface area contributed by atoms with Gasteiger partial charge in [0, 0.05) is 0 Å². The molecule has 188 valence electrons. The number of aryl methyl sites for hydroxylation is 1. The average Bonchev–Trinajstić information content (AvgIpc) is 3.08. The van der Waals surface area contributed by atoms with Crippen LogP contribution in [0.5, 0.6) is 0 Å². The second-order valence-electron chi connectivity index (χ2n) is 8.07. The predicted molar refractivity (Wildman–Crippen MR) is 108 cm³/mol. The summed E-state index contributed by atoms with van der Waals surface area (Å²) in [6.07, 6.45) is -11.1. The molecule has 2 aliphatic heterocycles. The van der Waals surface area contributed by atoms with E-state index >= 15 is 0 Å². The van der Waals surface area contributed by atoms with Crippen molar-refractivity contribution in [2.75, 3.05) is 26.4 Å². The van der Waals surface area contributed by atoms with Crippen LogP contribution >= 0.6 is 0 Å². The van der Waals surface area contributed by atoms with Crippen LogP contribution in [-0.2, 0) is 30.4 Å². The first-order chi connectivity index (χ1) is 15.8. The highest BCUT2D eigenvalue weighted by molar-refractivity contribution is 5.14. The lowest BCUT2D eigenvalue weighted by molar-refractivity contribution is -0.395. The van der Waals surface area contributed by atoms with Crippen LogP contribution in [0, 0.1) is 0 Å². The first kappa shape index (κ1) is 26.3. The summed E-state index contributed by atoms with van der Waals surface area (Å²) in [4.78, 5) is 10.2. The second-order valence-corrected chi connectivity index (χ2v) is 8.07. The van der Waals surface area contributed by atoms with E-state index in [4.69, 9.17) is 24.0 Å². The van der Waals surface area contributed by atoms with Crippen molar-refractivity contribution >= 4 is 0 Å². The quantitative estimate of drug-likeness (QED) is 0.0988. The van der Waals surface area contributed by atoms with Gasteiger partial charge >= 0.3 is 0 Å². The molecule has 0 aliphatic carbocycles. The molecule has 0 amide bonds. The molecule has 1 aromatic carbocycles. The maximum atomic E-state index is 10.3. The topological polar surface area (TPSA) is 188 Å². The van der Waals surface area contributed by atoms with Crippen molar-refractivity contribution in [3.63, 3.8) is 0 Å². The highest BCUT2D eigenvalue weighted by Crippen LogP contribution is 2.36. The molecular weight excluding hydrogens is 444 g/mol.